The molecule has 7 heteroatoms. The van der Waals surface area contributed by atoms with Crippen molar-refractivity contribution in [3.05, 3.63) is 46.7 Å². The predicted octanol–water partition coefficient (Wildman–Crippen LogP) is 3.42. The molecule has 2 heterocycles. The molecule has 1 saturated heterocycles. The SMILES string of the molecule is CCc1c(C(=O)N2C[C@@H]3CCC[C@@]3(C(=O)O)C2)cnn1-c1cccc(Cl)c1. The maximum Gasteiger partial charge on any atom is 0.311 e. The van der Waals surface area contributed by atoms with Gasteiger partial charge in [0, 0.05) is 18.1 Å². The number of benzene rings is 1. The number of carboxylic acids is 1. The van der Waals surface area contributed by atoms with Gasteiger partial charge in [-0.2, -0.15) is 5.10 Å². The molecule has 1 aliphatic carbocycles. The number of fused-ring (bicyclic) bond motifs is 1. The van der Waals surface area contributed by atoms with E-state index < -0.39 is 11.4 Å². The van der Waals surface area contributed by atoms with Crippen LogP contribution in [0, 0.1) is 11.3 Å². The van der Waals surface area contributed by atoms with Gasteiger partial charge in [-0.3, -0.25) is 9.59 Å². The van der Waals surface area contributed by atoms with Crippen LogP contribution in [0.4, 0.5) is 0 Å². The van der Waals surface area contributed by atoms with Crippen LogP contribution >= 0.6 is 11.6 Å². The summed E-state index contributed by atoms with van der Waals surface area (Å²) in [6, 6.07) is 7.34. The Morgan fingerprint density at radius 2 is 2.22 bits per heavy atom. The molecule has 1 saturated carbocycles. The Bertz CT molecular complexity index is 910. The Morgan fingerprint density at radius 3 is 2.89 bits per heavy atom. The second-order valence-corrected chi connectivity index (χ2v) is 7.92. The van der Waals surface area contributed by atoms with E-state index in [9.17, 15) is 14.7 Å². The first kappa shape index (κ1) is 18.0. The third kappa shape index (κ3) is 2.83. The number of hydrogen-bond donors (Lipinski definition) is 1. The highest BCUT2D eigenvalue weighted by molar-refractivity contribution is 6.30. The van der Waals surface area contributed by atoms with Crippen molar-refractivity contribution in [1.82, 2.24) is 14.7 Å². The lowest BCUT2D eigenvalue weighted by Crippen LogP contribution is -2.37. The second-order valence-electron chi connectivity index (χ2n) is 7.49. The number of rotatable bonds is 4. The number of likely N-dealkylation sites (tertiary alicyclic amines) is 1. The molecule has 0 radical (unpaired) electrons. The minimum absolute atomic E-state index is 0.0481. The van der Waals surface area contributed by atoms with E-state index in [-0.39, 0.29) is 18.4 Å². The van der Waals surface area contributed by atoms with Gasteiger partial charge >= 0.3 is 5.97 Å². The van der Waals surface area contributed by atoms with Gasteiger partial charge in [0.15, 0.2) is 0 Å². The standard InChI is InChI=1S/C20H22ClN3O3/c1-2-17-16(10-22-24(17)15-7-3-6-14(21)9-15)18(25)23-11-13-5-4-8-20(13,12-23)19(26)27/h3,6-7,9-10,13H,2,4-5,8,11-12H2,1H3,(H,26,27)/t13-,20+/m0/s1. The molecular formula is C20H22ClN3O3. The zero-order valence-corrected chi connectivity index (χ0v) is 15.9. The Kier molecular flexibility index (Phi) is 4.46. The molecule has 6 nitrogen and oxygen atoms in total. The Balaban J connectivity index is 1.65. The average Bonchev–Trinajstić information content (AvgIpc) is 3.32. The lowest BCUT2D eigenvalue weighted by Gasteiger charge is -2.23. The van der Waals surface area contributed by atoms with Crippen molar-refractivity contribution in [3.63, 3.8) is 0 Å². The largest absolute Gasteiger partial charge is 0.481 e. The number of nitrogens with zero attached hydrogens (tertiary/aromatic N) is 3. The zero-order valence-electron chi connectivity index (χ0n) is 15.2. The molecule has 0 bridgehead atoms. The van der Waals surface area contributed by atoms with E-state index in [0.29, 0.717) is 30.0 Å². The molecule has 1 aromatic carbocycles. The van der Waals surface area contributed by atoms with Gasteiger partial charge in [-0.05, 0) is 43.4 Å². The van der Waals surface area contributed by atoms with Gasteiger partial charge < -0.3 is 10.0 Å². The Labute approximate surface area is 162 Å². The minimum Gasteiger partial charge on any atom is -0.481 e. The third-order valence-corrected chi connectivity index (χ3v) is 6.31. The number of carbonyl (C=O) groups is 2. The summed E-state index contributed by atoms with van der Waals surface area (Å²) in [7, 11) is 0. The summed E-state index contributed by atoms with van der Waals surface area (Å²) in [4.78, 5) is 26.8. The molecule has 142 valence electrons. The van der Waals surface area contributed by atoms with Crippen LogP contribution in [0.1, 0.15) is 42.2 Å². The van der Waals surface area contributed by atoms with Crippen molar-refractivity contribution in [2.45, 2.75) is 32.6 Å². The average molecular weight is 388 g/mol. The van der Waals surface area contributed by atoms with Crippen molar-refractivity contribution in [1.29, 1.82) is 0 Å². The van der Waals surface area contributed by atoms with Crippen LogP contribution in [0.25, 0.3) is 5.69 Å². The lowest BCUT2D eigenvalue weighted by atomic mass is 9.81. The van der Waals surface area contributed by atoms with Crippen LogP contribution in [0.2, 0.25) is 5.02 Å². The number of aromatic nitrogens is 2. The molecule has 27 heavy (non-hydrogen) atoms. The smallest absolute Gasteiger partial charge is 0.311 e. The molecular weight excluding hydrogens is 366 g/mol. The maximum atomic E-state index is 13.2. The van der Waals surface area contributed by atoms with Gasteiger partial charge in [0.2, 0.25) is 0 Å². The molecule has 1 amide bonds. The van der Waals surface area contributed by atoms with Crippen LogP contribution in [0.3, 0.4) is 0 Å². The normalized spacial score (nSPS) is 24.2. The summed E-state index contributed by atoms with van der Waals surface area (Å²) in [5, 5.41) is 14.8. The van der Waals surface area contributed by atoms with Crippen molar-refractivity contribution in [2.75, 3.05) is 13.1 Å². The summed E-state index contributed by atoms with van der Waals surface area (Å²) >= 11 is 6.09. The number of aliphatic carboxylic acids is 1. The summed E-state index contributed by atoms with van der Waals surface area (Å²) in [5.41, 5.74) is 1.38. The van der Waals surface area contributed by atoms with E-state index in [1.165, 1.54) is 0 Å². The van der Waals surface area contributed by atoms with E-state index in [1.54, 1.807) is 21.8 Å². The van der Waals surface area contributed by atoms with Crippen LogP contribution in [0.5, 0.6) is 0 Å². The summed E-state index contributed by atoms with van der Waals surface area (Å²) < 4.78 is 1.74. The highest BCUT2D eigenvalue weighted by Gasteiger charge is 2.56. The first-order valence-corrected chi connectivity index (χ1v) is 9.69. The molecule has 4 rings (SSSR count). The van der Waals surface area contributed by atoms with E-state index in [1.807, 2.05) is 25.1 Å². The van der Waals surface area contributed by atoms with Gasteiger partial charge in [-0.1, -0.05) is 31.0 Å². The molecule has 1 aromatic heterocycles. The van der Waals surface area contributed by atoms with Gasteiger partial charge in [0.25, 0.3) is 5.91 Å². The van der Waals surface area contributed by atoms with Gasteiger partial charge in [-0.15, -0.1) is 0 Å². The van der Waals surface area contributed by atoms with E-state index in [0.717, 1.165) is 24.2 Å². The molecule has 0 unspecified atom stereocenters. The highest BCUT2D eigenvalue weighted by Crippen LogP contribution is 2.49. The fraction of sp³-hybridized carbons (Fsp3) is 0.450. The fourth-order valence-corrected chi connectivity index (χ4v) is 4.87. The molecule has 2 atom stereocenters. The van der Waals surface area contributed by atoms with Crippen molar-refractivity contribution in [3.8, 4) is 5.69 Å². The topological polar surface area (TPSA) is 75.4 Å². The monoisotopic (exact) mass is 387 g/mol. The first-order valence-electron chi connectivity index (χ1n) is 9.32. The molecule has 1 aliphatic heterocycles. The molecule has 2 fully saturated rings. The van der Waals surface area contributed by atoms with Gasteiger partial charge in [-0.25, -0.2) is 4.68 Å². The fourth-order valence-electron chi connectivity index (χ4n) is 4.69. The Hall–Kier alpha value is -2.34. The van der Waals surface area contributed by atoms with Gasteiger partial charge in [0.05, 0.1) is 28.6 Å². The van der Waals surface area contributed by atoms with Crippen molar-refractivity contribution >= 4 is 23.5 Å². The lowest BCUT2D eigenvalue weighted by molar-refractivity contribution is -0.149. The summed E-state index contributed by atoms with van der Waals surface area (Å²) in [6.07, 6.45) is 4.67. The quantitative estimate of drug-likeness (QED) is 0.872. The molecule has 1 N–H and O–H groups in total. The van der Waals surface area contributed by atoms with Crippen LogP contribution < -0.4 is 0 Å². The first-order chi connectivity index (χ1) is 13.0. The number of carbonyl (C=O) groups excluding carboxylic acids is 1. The number of carboxylic acid groups (broad SMARTS) is 1. The minimum atomic E-state index is -0.773. The third-order valence-electron chi connectivity index (χ3n) is 6.07. The van der Waals surface area contributed by atoms with Crippen LogP contribution in [-0.4, -0.2) is 44.8 Å². The highest BCUT2D eigenvalue weighted by atomic mass is 35.5. The summed E-state index contributed by atoms with van der Waals surface area (Å²) in [5.74, 6) is -0.854. The van der Waals surface area contributed by atoms with Crippen LogP contribution in [0.15, 0.2) is 30.5 Å². The van der Waals surface area contributed by atoms with Gasteiger partial charge in [0.1, 0.15) is 0 Å². The maximum absolute atomic E-state index is 13.2. The van der Waals surface area contributed by atoms with Crippen LogP contribution in [-0.2, 0) is 11.2 Å². The number of hydrogen-bond acceptors (Lipinski definition) is 3. The predicted molar refractivity (Wildman–Crippen MR) is 101 cm³/mol. The number of halogens is 1. The summed E-state index contributed by atoms with van der Waals surface area (Å²) in [6.45, 7) is 2.78. The number of amides is 1. The van der Waals surface area contributed by atoms with E-state index in [2.05, 4.69) is 5.10 Å². The molecule has 2 aromatic rings. The second kappa shape index (κ2) is 6.68. The van der Waals surface area contributed by atoms with E-state index in [4.69, 9.17) is 11.6 Å². The van der Waals surface area contributed by atoms with E-state index >= 15 is 0 Å². The molecule has 0 spiro atoms. The van der Waals surface area contributed by atoms with Crippen molar-refractivity contribution < 1.29 is 14.7 Å². The molecule has 2 aliphatic rings. The van der Waals surface area contributed by atoms with Crippen molar-refractivity contribution in [2.24, 2.45) is 11.3 Å². The Morgan fingerprint density at radius 1 is 1.41 bits per heavy atom. The zero-order chi connectivity index (χ0) is 19.2.